The van der Waals surface area contributed by atoms with Crippen molar-refractivity contribution in [1.82, 2.24) is 0 Å². The number of ether oxygens (including phenoxy) is 2. The fourth-order valence-corrected chi connectivity index (χ4v) is 2.59. The minimum Gasteiger partial charge on any atom is -0.493 e. The average Bonchev–Trinajstić information content (AvgIpc) is 2.59. The summed E-state index contributed by atoms with van der Waals surface area (Å²) >= 11 is 11.9. The normalized spacial score (nSPS) is 10.7. The van der Waals surface area contributed by atoms with Crippen molar-refractivity contribution in [2.24, 2.45) is 5.92 Å². The number of hydrogen-bond acceptors (Lipinski definition) is 3. The summed E-state index contributed by atoms with van der Waals surface area (Å²) in [6.07, 6.45) is 0.942. The van der Waals surface area contributed by atoms with Crippen molar-refractivity contribution in [2.75, 3.05) is 18.5 Å². The van der Waals surface area contributed by atoms with Crippen LogP contribution in [0.4, 0.5) is 5.69 Å². The number of hydrogen-bond donors (Lipinski definition) is 1. The number of anilines is 1. The predicted octanol–water partition coefficient (Wildman–Crippen LogP) is 5.83. The van der Waals surface area contributed by atoms with Crippen molar-refractivity contribution in [1.29, 1.82) is 0 Å². The van der Waals surface area contributed by atoms with Gasteiger partial charge >= 0.3 is 0 Å². The van der Waals surface area contributed by atoms with Crippen LogP contribution >= 0.6 is 23.2 Å². The molecule has 2 aromatic carbocycles. The van der Waals surface area contributed by atoms with E-state index in [-0.39, 0.29) is 5.91 Å². The molecule has 0 heterocycles. The maximum atomic E-state index is 12.0. The summed E-state index contributed by atoms with van der Waals surface area (Å²) in [5.41, 5.74) is 0.744. The highest BCUT2D eigenvalue weighted by Crippen LogP contribution is 2.27. The molecular weight excluding hydrogens is 373 g/mol. The second-order valence-electron chi connectivity index (χ2n) is 6.30. The maximum absolute atomic E-state index is 12.0. The second kappa shape index (κ2) is 10.3. The van der Waals surface area contributed by atoms with Crippen LogP contribution in [0, 0.1) is 5.92 Å². The first-order valence-corrected chi connectivity index (χ1v) is 9.30. The monoisotopic (exact) mass is 395 g/mol. The van der Waals surface area contributed by atoms with Gasteiger partial charge in [-0.2, -0.15) is 0 Å². The fraction of sp³-hybridized carbons (Fsp3) is 0.350. The van der Waals surface area contributed by atoms with E-state index in [4.69, 9.17) is 32.7 Å². The Hall–Kier alpha value is -1.91. The standard InChI is InChI=1S/C20H23Cl2NO3/c1-14(2)13-26-17-8-6-16(7-9-17)23-20(24)4-3-11-25-19-10-5-15(21)12-18(19)22/h5-10,12,14H,3-4,11,13H2,1-2H3,(H,23,24). The third kappa shape index (κ3) is 7.14. The summed E-state index contributed by atoms with van der Waals surface area (Å²) in [6, 6.07) is 12.4. The Kier molecular flexibility index (Phi) is 8.07. The molecule has 0 atom stereocenters. The molecule has 0 saturated carbocycles. The first-order valence-electron chi connectivity index (χ1n) is 8.54. The van der Waals surface area contributed by atoms with E-state index < -0.39 is 0 Å². The van der Waals surface area contributed by atoms with E-state index in [0.29, 0.717) is 47.8 Å². The Balaban J connectivity index is 1.70. The van der Waals surface area contributed by atoms with E-state index in [1.54, 1.807) is 18.2 Å². The zero-order valence-electron chi connectivity index (χ0n) is 14.9. The molecule has 4 nitrogen and oxygen atoms in total. The summed E-state index contributed by atoms with van der Waals surface area (Å²) in [4.78, 5) is 12.0. The van der Waals surface area contributed by atoms with Crippen LogP contribution in [0.1, 0.15) is 26.7 Å². The average molecular weight is 396 g/mol. The quantitative estimate of drug-likeness (QED) is 0.543. The Morgan fingerprint density at radius 3 is 2.46 bits per heavy atom. The lowest BCUT2D eigenvalue weighted by Gasteiger charge is -2.10. The van der Waals surface area contributed by atoms with Gasteiger partial charge < -0.3 is 14.8 Å². The largest absolute Gasteiger partial charge is 0.493 e. The van der Waals surface area contributed by atoms with E-state index in [1.807, 2.05) is 24.3 Å². The molecular formula is C20H23Cl2NO3. The minimum absolute atomic E-state index is 0.0633. The van der Waals surface area contributed by atoms with E-state index in [2.05, 4.69) is 19.2 Å². The van der Waals surface area contributed by atoms with Gasteiger partial charge in [-0.15, -0.1) is 0 Å². The van der Waals surface area contributed by atoms with E-state index >= 15 is 0 Å². The van der Waals surface area contributed by atoms with Crippen molar-refractivity contribution < 1.29 is 14.3 Å². The number of carbonyl (C=O) groups is 1. The number of halogens is 2. The highest BCUT2D eigenvalue weighted by Gasteiger charge is 2.05. The fourth-order valence-electron chi connectivity index (χ4n) is 2.13. The topological polar surface area (TPSA) is 47.6 Å². The molecule has 0 spiro atoms. The lowest BCUT2D eigenvalue weighted by Crippen LogP contribution is -2.13. The lowest BCUT2D eigenvalue weighted by molar-refractivity contribution is -0.116. The molecule has 6 heteroatoms. The Morgan fingerprint density at radius 1 is 1.08 bits per heavy atom. The van der Waals surface area contributed by atoms with Gasteiger partial charge in [-0.05, 0) is 54.8 Å². The van der Waals surface area contributed by atoms with Crippen LogP contribution in [0.25, 0.3) is 0 Å². The third-order valence-corrected chi connectivity index (χ3v) is 3.95. The molecule has 2 aromatic rings. The van der Waals surface area contributed by atoms with Crippen molar-refractivity contribution in [3.8, 4) is 11.5 Å². The van der Waals surface area contributed by atoms with Gasteiger partial charge in [0.1, 0.15) is 11.5 Å². The van der Waals surface area contributed by atoms with Crippen molar-refractivity contribution in [2.45, 2.75) is 26.7 Å². The lowest BCUT2D eigenvalue weighted by atomic mass is 10.2. The SMILES string of the molecule is CC(C)COc1ccc(NC(=O)CCCOc2ccc(Cl)cc2Cl)cc1. The Bertz CT molecular complexity index is 717. The highest BCUT2D eigenvalue weighted by molar-refractivity contribution is 6.35. The molecule has 0 radical (unpaired) electrons. The van der Waals surface area contributed by atoms with Gasteiger partial charge in [0.05, 0.1) is 18.2 Å². The van der Waals surface area contributed by atoms with Crippen molar-refractivity contribution >= 4 is 34.8 Å². The first-order chi connectivity index (χ1) is 12.4. The van der Waals surface area contributed by atoms with E-state index in [1.165, 1.54) is 0 Å². The zero-order chi connectivity index (χ0) is 18.9. The van der Waals surface area contributed by atoms with Gasteiger partial charge in [-0.3, -0.25) is 4.79 Å². The molecule has 0 saturated heterocycles. The van der Waals surface area contributed by atoms with Crippen LogP contribution in [-0.4, -0.2) is 19.1 Å². The van der Waals surface area contributed by atoms with Crippen LogP contribution < -0.4 is 14.8 Å². The summed E-state index contributed by atoms with van der Waals surface area (Å²) in [6.45, 7) is 5.26. The Labute approximate surface area is 164 Å². The Morgan fingerprint density at radius 2 is 1.81 bits per heavy atom. The molecule has 0 aromatic heterocycles. The molecule has 26 heavy (non-hydrogen) atoms. The molecule has 1 N–H and O–H groups in total. The highest BCUT2D eigenvalue weighted by atomic mass is 35.5. The van der Waals surface area contributed by atoms with Crippen LogP contribution in [0.15, 0.2) is 42.5 Å². The molecule has 1 amide bonds. The van der Waals surface area contributed by atoms with Gasteiger partial charge in [0.25, 0.3) is 0 Å². The van der Waals surface area contributed by atoms with Gasteiger partial charge in [0.2, 0.25) is 5.91 Å². The summed E-state index contributed by atoms with van der Waals surface area (Å²) in [7, 11) is 0. The smallest absolute Gasteiger partial charge is 0.224 e. The molecule has 0 unspecified atom stereocenters. The molecule has 0 aliphatic carbocycles. The van der Waals surface area contributed by atoms with Crippen LogP contribution in [0.3, 0.4) is 0 Å². The van der Waals surface area contributed by atoms with E-state index in [9.17, 15) is 4.79 Å². The molecule has 0 aliphatic rings. The molecule has 0 fully saturated rings. The third-order valence-electron chi connectivity index (χ3n) is 3.42. The van der Waals surface area contributed by atoms with Crippen molar-refractivity contribution in [3.05, 3.63) is 52.5 Å². The van der Waals surface area contributed by atoms with Gasteiger partial charge in [0.15, 0.2) is 0 Å². The minimum atomic E-state index is -0.0633. The molecule has 0 aliphatic heterocycles. The molecule has 0 bridgehead atoms. The van der Waals surface area contributed by atoms with Gasteiger partial charge in [-0.25, -0.2) is 0 Å². The zero-order valence-corrected chi connectivity index (χ0v) is 16.4. The summed E-state index contributed by atoms with van der Waals surface area (Å²) in [5.74, 6) is 1.77. The maximum Gasteiger partial charge on any atom is 0.224 e. The van der Waals surface area contributed by atoms with Crippen LogP contribution in [-0.2, 0) is 4.79 Å². The van der Waals surface area contributed by atoms with Gasteiger partial charge in [0, 0.05) is 17.1 Å². The predicted molar refractivity (Wildman–Crippen MR) is 107 cm³/mol. The van der Waals surface area contributed by atoms with Crippen LogP contribution in [0.2, 0.25) is 10.0 Å². The van der Waals surface area contributed by atoms with Crippen molar-refractivity contribution in [3.63, 3.8) is 0 Å². The second-order valence-corrected chi connectivity index (χ2v) is 7.15. The number of amides is 1. The summed E-state index contributed by atoms with van der Waals surface area (Å²) < 4.78 is 11.2. The van der Waals surface area contributed by atoms with Gasteiger partial charge in [-0.1, -0.05) is 37.0 Å². The molecule has 2 rings (SSSR count). The number of nitrogens with one attached hydrogen (secondary N) is 1. The first kappa shape index (κ1) is 20.4. The number of rotatable bonds is 9. The molecule has 140 valence electrons. The number of carbonyl (C=O) groups excluding carboxylic acids is 1. The van der Waals surface area contributed by atoms with Crippen LogP contribution in [0.5, 0.6) is 11.5 Å². The van der Waals surface area contributed by atoms with E-state index in [0.717, 1.165) is 11.4 Å². The summed E-state index contributed by atoms with van der Waals surface area (Å²) in [5, 5.41) is 3.88. The number of benzene rings is 2.